The van der Waals surface area contributed by atoms with Gasteiger partial charge in [-0.25, -0.2) is 0 Å². The van der Waals surface area contributed by atoms with Gasteiger partial charge in [-0.05, 0) is 55.3 Å². The molecule has 2 saturated carbocycles. The van der Waals surface area contributed by atoms with E-state index in [1.165, 1.54) is 51.4 Å². The van der Waals surface area contributed by atoms with Crippen molar-refractivity contribution < 1.29 is 0 Å². The lowest BCUT2D eigenvalue weighted by Gasteiger charge is -2.39. The summed E-state index contributed by atoms with van der Waals surface area (Å²) in [7, 11) is 0. The summed E-state index contributed by atoms with van der Waals surface area (Å²) in [6.07, 6.45) is 13.7. The van der Waals surface area contributed by atoms with E-state index in [9.17, 15) is 0 Å². The first-order valence-corrected chi connectivity index (χ1v) is 7.26. The summed E-state index contributed by atoms with van der Waals surface area (Å²) in [6.45, 7) is 8.87. The maximum Gasteiger partial charge on any atom is -0.0320 e. The van der Waals surface area contributed by atoms with E-state index in [-0.39, 0.29) is 0 Å². The molecule has 3 unspecified atom stereocenters. The summed E-state index contributed by atoms with van der Waals surface area (Å²) in [5, 5.41) is 0. The lowest BCUT2D eigenvalue weighted by Crippen LogP contribution is -2.30. The summed E-state index contributed by atoms with van der Waals surface area (Å²) in [5.41, 5.74) is 0.547. The maximum atomic E-state index is 3.87. The van der Waals surface area contributed by atoms with E-state index in [0.29, 0.717) is 5.41 Å². The lowest BCUT2D eigenvalue weighted by molar-refractivity contribution is 0.111. The molecule has 0 bridgehead atoms. The molecule has 2 fully saturated rings. The van der Waals surface area contributed by atoms with Crippen LogP contribution >= 0.6 is 0 Å². The Bertz CT molecular complexity index is 238. The first-order valence-electron chi connectivity index (χ1n) is 7.26. The fraction of sp³-hybridized carbons (Fsp3) is 0.875. The van der Waals surface area contributed by atoms with E-state index >= 15 is 0 Å². The third kappa shape index (κ3) is 2.36. The minimum absolute atomic E-state index is 0.547. The Balaban J connectivity index is 2.00. The van der Waals surface area contributed by atoms with Crippen molar-refractivity contribution in [1.29, 1.82) is 0 Å². The molecule has 0 aromatic heterocycles. The number of hydrogen-bond donors (Lipinski definition) is 0. The van der Waals surface area contributed by atoms with Gasteiger partial charge in [-0.2, -0.15) is 0 Å². The van der Waals surface area contributed by atoms with Gasteiger partial charge < -0.3 is 0 Å². The molecule has 0 N–H and O–H groups in total. The van der Waals surface area contributed by atoms with Gasteiger partial charge in [0.15, 0.2) is 0 Å². The average Bonchev–Trinajstić information content (AvgIpc) is 2.71. The largest absolute Gasteiger partial charge is 0.103 e. The van der Waals surface area contributed by atoms with Crippen molar-refractivity contribution in [3.8, 4) is 0 Å². The quantitative estimate of drug-likeness (QED) is 0.572. The highest BCUT2D eigenvalue weighted by atomic mass is 14.5. The van der Waals surface area contributed by atoms with Crippen LogP contribution in [0, 0.1) is 23.2 Å². The molecule has 0 aromatic carbocycles. The standard InChI is InChI=1S/C16H28/c1-4-5-12-16(2,3)15-11-10-13-8-6-7-9-14(13)15/h4,13-15H,1,5-12H2,2-3H3. The molecule has 16 heavy (non-hydrogen) atoms. The SMILES string of the molecule is C=CCCC(C)(C)C1CCC2CCCCC21. The molecule has 2 aliphatic carbocycles. The zero-order valence-corrected chi connectivity index (χ0v) is 11.2. The van der Waals surface area contributed by atoms with Gasteiger partial charge in [-0.3, -0.25) is 0 Å². The first-order chi connectivity index (χ1) is 7.65. The van der Waals surface area contributed by atoms with Crippen molar-refractivity contribution >= 4 is 0 Å². The highest BCUT2D eigenvalue weighted by molar-refractivity contribution is 4.94. The van der Waals surface area contributed by atoms with E-state index in [0.717, 1.165) is 17.8 Å². The molecule has 0 radical (unpaired) electrons. The van der Waals surface area contributed by atoms with Crippen LogP contribution in [-0.2, 0) is 0 Å². The molecule has 0 heterocycles. The van der Waals surface area contributed by atoms with E-state index in [1.54, 1.807) is 0 Å². The second-order valence-corrected chi connectivity index (χ2v) is 6.71. The van der Waals surface area contributed by atoms with Crippen LogP contribution in [0.4, 0.5) is 0 Å². The van der Waals surface area contributed by atoms with Crippen molar-refractivity contribution in [3.63, 3.8) is 0 Å². The van der Waals surface area contributed by atoms with Crippen LogP contribution in [0.3, 0.4) is 0 Å². The van der Waals surface area contributed by atoms with Crippen LogP contribution in [0.1, 0.15) is 65.2 Å². The lowest BCUT2D eigenvalue weighted by atomic mass is 9.66. The molecule has 2 aliphatic rings. The molecule has 0 aromatic rings. The monoisotopic (exact) mass is 220 g/mol. The Morgan fingerprint density at radius 3 is 2.62 bits per heavy atom. The smallest absolute Gasteiger partial charge is 0.0320 e. The van der Waals surface area contributed by atoms with Gasteiger partial charge in [0, 0.05) is 0 Å². The molecule has 0 aliphatic heterocycles. The summed E-state index contributed by atoms with van der Waals surface area (Å²) < 4.78 is 0. The average molecular weight is 220 g/mol. The van der Waals surface area contributed by atoms with Gasteiger partial charge in [0.05, 0.1) is 0 Å². The zero-order chi connectivity index (χ0) is 11.6. The van der Waals surface area contributed by atoms with Crippen molar-refractivity contribution in [2.45, 2.75) is 65.2 Å². The van der Waals surface area contributed by atoms with Crippen molar-refractivity contribution in [2.24, 2.45) is 23.2 Å². The normalized spacial score (nSPS) is 34.8. The highest BCUT2D eigenvalue weighted by Crippen LogP contribution is 2.53. The molecule has 2 rings (SSSR count). The van der Waals surface area contributed by atoms with Crippen LogP contribution in [-0.4, -0.2) is 0 Å². The summed E-state index contributed by atoms with van der Waals surface area (Å²) >= 11 is 0. The summed E-state index contributed by atoms with van der Waals surface area (Å²) in [5.74, 6) is 3.15. The Hall–Kier alpha value is -0.260. The summed E-state index contributed by atoms with van der Waals surface area (Å²) in [6, 6.07) is 0. The van der Waals surface area contributed by atoms with Gasteiger partial charge in [-0.15, -0.1) is 6.58 Å². The van der Waals surface area contributed by atoms with Crippen LogP contribution in [0.15, 0.2) is 12.7 Å². The van der Waals surface area contributed by atoms with E-state index in [4.69, 9.17) is 0 Å². The third-order valence-corrected chi connectivity index (χ3v) is 5.33. The molecule has 3 atom stereocenters. The second kappa shape index (κ2) is 4.94. The van der Waals surface area contributed by atoms with Crippen LogP contribution in [0.2, 0.25) is 0 Å². The number of rotatable bonds is 4. The van der Waals surface area contributed by atoms with E-state index < -0.39 is 0 Å². The van der Waals surface area contributed by atoms with E-state index in [1.807, 2.05) is 0 Å². The second-order valence-electron chi connectivity index (χ2n) is 6.71. The van der Waals surface area contributed by atoms with Crippen molar-refractivity contribution in [2.75, 3.05) is 0 Å². The molecule has 0 amide bonds. The number of allylic oxidation sites excluding steroid dienone is 1. The van der Waals surface area contributed by atoms with Gasteiger partial charge >= 0.3 is 0 Å². The fourth-order valence-electron chi connectivity index (χ4n) is 4.36. The maximum absolute atomic E-state index is 3.87. The van der Waals surface area contributed by atoms with Gasteiger partial charge in [0.25, 0.3) is 0 Å². The third-order valence-electron chi connectivity index (χ3n) is 5.33. The molecular formula is C16H28. The predicted molar refractivity (Wildman–Crippen MR) is 71.4 cm³/mol. The Morgan fingerprint density at radius 1 is 1.12 bits per heavy atom. The molecule has 0 saturated heterocycles. The molecular weight excluding hydrogens is 192 g/mol. The molecule has 92 valence electrons. The topological polar surface area (TPSA) is 0 Å². The molecule has 0 heteroatoms. The Morgan fingerprint density at radius 2 is 1.88 bits per heavy atom. The van der Waals surface area contributed by atoms with Crippen LogP contribution in [0.5, 0.6) is 0 Å². The summed E-state index contributed by atoms with van der Waals surface area (Å²) in [4.78, 5) is 0. The zero-order valence-electron chi connectivity index (χ0n) is 11.2. The van der Waals surface area contributed by atoms with Crippen LogP contribution in [0.25, 0.3) is 0 Å². The van der Waals surface area contributed by atoms with Gasteiger partial charge in [0.2, 0.25) is 0 Å². The molecule has 0 nitrogen and oxygen atoms in total. The predicted octanol–water partition coefficient (Wildman–Crippen LogP) is 5.20. The van der Waals surface area contributed by atoms with E-state index in [2.05, 4.69) is 26.5 Å². The van der Waals surface area contributed by atoms with Crippen molar-refractivity contribution in [1.82, 2.24) is 0 Å². The van der Waals surface area contributed by atoms with Crippen molar-refractivity contribution in [3.05, 3.63) is 12.7 Å². The molecule has 0 spiro atoms. The minimum atomic E-state index is 0.547. The van der Waals surface area contributed by atoms with Gasteiger partial charge in [0.1, 0.15) is 0 Å². The first kappa shape index (κ1) is 12.2. The van der Waals surface area contributed by atoms with Crippen LogP contribution < -0.4 is 0 Å². The highest BCUT2D eigenvalue weighted by Gasteiger charge is 2.43. The number of hydrogen-bond acceptors (Lipinski definition) is 0. The Kier molecular flexibility index (Phi) is 3.77. The number of fused-ring (bicyclic) bond motifs is 1. The van der Waals surface area contributed by atoms with Gasteiger partial charge in [-0.1, -0.05) is 39.2 Å². The minimum Gasteiger partial charge on any atom is -0.103 e. The Labute approximate surface area is 102 Å². The fourth-order valence-corrected chi connectivity index (χ4v) is 4.36.